The molecule has 3 rings (SSSR count). The van der Waals surface area contributed by atoms with Crippen molar-refractivity contribution >= 4 is 0 Å². The fourth-order valence-corrected chi connectivity index (χ4v) is 3.65. The molecule has 0 aliphatic carbocycles. The molecule has 21 heavy (non-hydrogen) atoms. The van der Waals surface area contributed by atoms with Gasteiger partial charge in [0.15, 0.2) is 0 Å². The molecule has 0 aromatic carbocycles. The molecule has 1 N–H and O–H groups in total. The van der Waals surface area contributed by atoms with Gasteiger partial charge in [0.2, 0.25) is 0 Å². The first-order valence-corrected chi connectivity index (χ1v) is 8.10. The molecule has 1 spiro atoms. The molecule has 1 aromatic heterocycles. The van der Waals surface area contributed by atoms with E-state index in [1.54, 1.807) is 0 Å². The zero-order valence-corrected chi connectivity index (χ0v) is 13.1. The summed E-state index contributed by atoms with van der Waals surface area (Å²) in [5.41, 5.74) is 2.33. The van der Waals surface area contributed by atoms with Gasteiger partial charge in [-0.25, -0.2) is 0 Å². The molecule has 0 saturated carbocycles. The van der Waals surface area contributed by atoms with E-state index in [-0.39, 0.29) is 5.60 Å². The molecular formula is C17H26N2O2. The minimum Gasteiger partial charge on any atom is -0.378 e. The molecule has 3 heterocycles. The van der Waals surface area contributed by atoms with Gasteiger partial charge in [0.05, 0.1) is 12.2 Å². The Kier molecular flexibility index (Phi) is 4.57. The average molecular weight is 290 g/mol. The molecule has 2 fully saturated rings. The second-order valence-electron chi connectivity index (χ2n) is 6.36. The van der Waals surface area contributed by atoms with Crippen LogP contribution in [0.15, 0.2) is 18.3 Å². The lowest BCUT2D eigenvalue weighted by molar-refractivity contribution is -0.103. The van der Waals surface area contributed by atoms with Crippen LogP contribution in [0.5, 0.6) is 0 Å². The fraction of sp³-hybridized carbons (Fsp3) is 0.706. The molecule has 116 valence electrons. The molecule has 3 atom stereocenters. The van der Waals surface area contributed by atoms with Gasteiger partial charge in [-0.15, -0.1) is 0 Å². The zero-order chi connectivity index (χ0) is 14.7. The Morgan fingerprint density at radius 1 is 1.43 bits per heavy atom. The molecule has 2 aliphatic heterocycles. The number of aromatic nitrogens is 1. The van der Waals surface area contributed by atoms with E-state index in [1.165, 1.54) is 5.56 Å². The lowest BCUT2D eigenvalue weighted by Crippen LogP contribution is -2.44. The second-order valence-corrected chi connectivity index (χ2v) is 6.36. The number of hydrogen-bond acceptors (Lipinski definition) is 4. The Morgan fingerprint density at radius 3 is 3.00 bits per heavy atom. The van der Waals surface area contributed by atoms with Crippen LogP contribution in [0, 0.1) is 12.8 Å². The molecule has 1 aromatic rings. The minimum atomic E-state index is -0.0330. The highest BCUT2D eigenvalue weighted by Crippen LogP contribution is 2.40. The van der Waals surface area contributed by atoms with E-state index in [4.69, 9.17) is 9.47 Å². The van der Waals surface area contributed by atoms with Crippen LogP contribution in [0.4, 0.5) is 0 Å². The van der Waals surface area contributed by atoms with Gasteiger partial charge >= 0.3 is 0 Å². The summed E-state index contributed by atoms with van der Waals surface area (Å²) in [6, 6.07) is 4.68. The molecule has 2 saturated heterocycles. The van der Waals surface area contributed by atoms with Gasteiger partial charge in [-0.3, -0.25) is 4.98 Å². The smallest absolute Gasteiger partial charge is 0.0940 e. The third-order valence-corrected chi connectivity index (χ3v) is 4.79. The van der Waals surface area contributed by atoms with Gasteiger partial charge in [-0.1, -0.05) is 13.0 Å². The van der Waals surface area contributed by atoms with Crippen molar-refractivity contribution < 1.29 is 9.47 Å². The van der Waals surface area contributed by atoms with Crippen LogP contribution in [0.3, 0.4) is 0 Å². The van der Waals surface area contributed by atoms with Crippen molar-refractivity contribution in [2.45, 2.75) is 44.8 Å². The Hall–Kier alpha value is -0.970. The van der Waals surface area contributed by atoms with Crippen LogP contribution in [0.1, 0.15) is 43.5 Å². The van der Waals surface area contributed by atoms with Crippen molar-refractivity contribution in [1.29, 1.82) is 0 Å². The number of pyridine rings is 1. The summed E-state index contributed by atoms with van der Waals surface area (Å²) < 4.78 is 11.7. The first kappa shape index (κ1) is 14.9. The summed E-state index contributed by atoms with van der Waals surface area (Å²) in [5.74, 6) is 0.588. The predicted octanol–water partition coefficient (Wildman–Crippen LogP) is 2.63. The molecule has 0 amide bonds. The highest BCUT2D eigenvalue weighted by Gasteiger charge is 2.43. The summed E-state index contributed by atoms with van der Waals surface area (Å²) in [4.78, 5) is 4.47. The maximum absolute atomic E-state index is 6.07. The van der Waals surface area contributed by atoms with Gasteiger partial charge in [0, 0.05) is 37.6 Å². The fourth-order valence-electron chi connectivity index (χ4n) is 3.65. The van der Waals surface area contributed by atoms with Crippen molar-refractivity contribution in [3.63, 3.8) is 0 Å². The Bertz CT molecular complexity index is 454. The second kappa shape index (κ2) is 6.42. The van der Waals surface area contributed by atoms with Crippen molar-refractivity contribution in [1.82, 2.24) is 10.3 Å². The Balaban J connectivity index is 1.78. The summed E-state index contributed by atoms with van der Waals surface area (Å²) in [6.45, 7) is 7.61. The van der Waals surface area contributed by atoms with Crippen molar-refractivity contribution in [2.24, 2.45) is 5.92 Å². The third-order valence-electron chi connectivity index (χ3n) is 4.79. The van der Waals surface area contributed by atoms with E-state index in [0.717, 1.165) is 51.3 Å². The predicted molar refractivity (Wildman–Crippen MR) is 82.2 cm³/mol. The summed E-state index contributed by atoms with van der Waals surface area (Å²) >= 11 is 0. The molecule has 0 bridgehead atoms. The first-order valence-electron chi connectivity index (χ1n) is 8.10. The van der Waals surface area contributed by atoms with E-state index in [1.807, 2.05) is 13.1 Å². The first-order chi connectivity index (χ1) is 10.2. The largest absolute Gasteiger partial charge is 0.378 e. The maximum atomic E-state index is 6.07. The summed E-state index contributed by atoms with van der Waals surface area (Å²) in [7, 11) is 0. The van der Waals surface area contributed by atoms with E-state index >= 15 is 0 Å². The van der Waals surface area contributed by atoms with Crippen LogP contribution in [0.2, 0.25) is 0 Å². The highest BCUT2D eigenvalue weighted by molar-refractivity contribution is 5.19. The minimum absolute atomic E-state index is 0.0330. The van der Waals surface area contributed by atoms with Crippen LogP contribution in [0.25, 0.3) is 0 Å². The summed E-state index contributed by atoms with van der Waals surface area (Å²) in [6.07, 6.45) is 5.25. The number of ether oxygens (including phenoxy) is 2. The molecular weight excluding hydrogens is 264 g/mol. The maximum Gasteiger partial charge on any atom is 0.0940 e. The SMILES string of the molecule is CCNC(c1ccc(C)nc1)C1CCOC2(CCOC2)C1. The van der Waals surface area contributed by atoms with E-state index in [2.05, 4.69) is 29.4 Å². The average Bonchev–Trinajstić information content (AvgIpc) is 2.94. The Labute approximate surface area is 127 Å². The Morgan fingerprint density at radius 2 is 2.33 bits per heavy atom. The van der Waals surface area contributed by atoms with Gasteiger partial charge in [-0.2, -0.15) is 0 Å². The highest BCUT2D eigenvalue weighted by atomic mass is 16.6. The molecule has 4 heteroatoms. The number of rotatable bonds is 4. The normalized spacial score (nSPS) is 30.7. The molecule has 3 unspecified atom stereocenters. The van der Waals surface area contributed by atoms with Crippen molar-refractivity contribution in [2.75, 3.05) is 26.4 Å². The number of hydrogen-bond donors (Lipinski definition) is 1. The van der Waals surface area contributed by atoms with Gasteiger partial charge < -0.3 is 14.8 Å². The van der Waals surface area contributed by atoms with E-state index < -0.39 is 0 Å². The topological polar surface area (TPSA) is 43.4 Å². The standard InChI is InChI=1S/C17H26N2O2/c1-3-18-16(15-5-4-13(2)19-11-15)14-6-8-21-17(10-14)7-9-20-12-17/h4-5,11,14,16,18H,3,6-10,12H2,1-2H3. The van der Waals surface area contributed by atoms with E-state index in [0.29, 0.717) is 12.0 Å². The van der Waals surface area contributed by atoms with Crippen LogP contribution in [-0.2, 0) is 9.47 Å². The zero-order valence-electron chi connectivity index (χ0n) is 13.1. The molecule has 0 radical (unpaired) electrons. The van der Waals surface area contributed by atoms with Gasteiger partial charge in [0.1, 0.15) is 0 Å². The lowest BCUT2D eigenvalue weighted by atomic mass is 9.79. The van der Waals surface area contributed by atoms with Gasteiger partial charge in [-0.05, 0) is 43.9 Å². The molecule has 4 nitrogen and oxygen atoms in total. The lowest BCUT2D eigenvalue weighted by Gasteiger charge is -2.40. The number of nitrogens with one attached hydrogen (secondary N) is 1. The van der Waals surface area contributed by atoms with Crippen LogP contribution >= 0.6 is 0 Å². The number of aryl methyl sites for hydroxylation is 1. The van der Waals surface area contributed by atoms with E-state index in [9.17, 15) is 0 Å². The summed E-state index contributed by atoms with van der Waals surface area (Å²) in [5, 5.41) is 3.66. The monoisotopic (exact) mass is 290 g/mol. The quantitative estimate of drug-likeness (QED) is 0.926. The van der Waals surface area contributed by atoms with Crippen LogP contribution < -0.4 is 5.32 Å². The van der Waals surface area contributed by atoms with Crippen molar-refractivity contribution in [3.05, 3.63) is 29.6 Å². The number of nitrogens with zero attached hydrogens (tertiary/aromatic N) is 1. The van der Waals surface area contributed by atoms with Crippen molar-refractivity contribution in [3.8, 4) is 0 Å². The molecule has 2 aliphatic rings. The van der Waals surface area contributed by atoms with Crippen LogP contribution in [-0.4, -0.2) is 37.0 Å². The third kappa shape index (κ3) is 3.28. The van der Waals surface area contributed by atoms with Gasteiger partial charge in [0.25, 0.3) is 0 Å².